The molecule has 1 atom stereocenters. The number of nitrogens with zero attached hydrogens (tertiary/aromatic N) is 1. The van der Waals surface area contributed by atoms with Crippen molar-refractivity contribution >= 4 is 29.2 Å². The molecule has 2 N–H and O–H groups in total. The van der Waals surface area contributed by atoms with E-state index in [-0.39, 0.29) is 17.7 Å². The van der Waals surface area contributed by atoms with Gasteiger partial charge >= 0.3 is 5.97 Å². The van der Waals surface area contributed by atoms with E-state index in [4.69, 9.17) is 5.11 Å². The normalized spacial score (nSPS) is 16.9. The van der Waals surface area contributed by atoms with E-state index < -0.39 is 35.5 Å². The van der Waals surface area contributed by atoms with Crippen LogP contribution >= 0.6 is 0 Å². The highest BCUT2D eigenvalue weighted by Gasteiger charge is 2.40. The van der Waals surface area contributed by atoms with Gasteiger partial charge in [-0.25, -0.2) is 18.5 Å². The minimum Gasteiger partial charge on any atom is -0.478 e. The number of rotatable bonds is 4. The quantitative estimate of drug-likeness (QED) is 0.819. The van der Waals surface area contributed by atoms with Crippen molar-refractivity contribution in [2.45, 2.75) is 19.4 Å². The molecule has 2 amide bonds. The number of carbonyl (C=O) groups is 3. The first-order valence-electron chi connectivity index (χ1n) is 7.70. The lowest BCUT2D eigenvalue weighted by Gasteiger charge is -2.17. The molecule has 0 radical (unpaired) electrons. The molecule has 2 aromatic rings. The summed E-state index contributed by atoms with van der Waals surface area (Å²) in [6.45, 7) is 1.71. The number of imide groups is 1. The van der Waals surface area contributed by atoms with Gasteiger partial charge in [0.2, 0.25) is 5.91 Å². The number of carboxylic acids is 1. The van der Waals surface area contributed by atoms with Crippen LogP contribution in [-0.4, -0.2) is 28.9 Å². The topological polar surface area (TPSA) is 86.7 Å². The molecular weight excluding hydrogens is 346 g/mol. The molecule has 6 nitrogen and oxygen atoms in total. The standard InChI is InChI=1S/C18H14F2N2O4/c1-9-2-3-10(18(25)26)6-13(9)21-14-8-16(23)22(17(14)24)15-5-4-11(19)7-12(15)20/h2-7,14,21H,8H2,1H3,(H,25,26)/t14-/m1/s1. The predicted molar refractivity (Wildman–Crippen MR) is 89.0 cm³/mol. The molecule has 8 heteroatoms. The second-order valence-corrected chi connectivity index (χ2v) is 5.90. The van der Waals surface area contributed by atoms with Gasteiger partial charge in [-0.1, -0.05) is 6.07 Å². The average molecular weight is 360 g/mol. The summed E-state index contributed by atoms with van der Waals surface area (Å²) in [4.78, 5) is 36.5. The highest BCUT2D eigenvalue weighted by atomic mass is 19.1. The Morgan fingerprint density at radius 3 is 2.58 bits per heavy atom. The Bertz CT molecular complexity index is 929. The highest BCUT2D eigenvalue weighted by Crippen LogP contribution is 2.28. The first-order valence-corrected chi connectivity index (χ1v) is 7.70. The van der Waals surface area contributed by atoms with Crippen LogP contribution in [0.4, 0.5) is 20.2 Å². The molecule has 0 saturated carbocycles. The number of benzene rings is 2. The van der Waals surface area contributed by atoms with Crippen LogP contribution in [0, 0.1) is 18.6 Å². The van der Waals surface area contributed by atoms with Gasteiger partial charge in [0.25, 0.3) is 5.91 Å². The molecule has 0 aromatic heterocycles. The van der Waals surface area contributed by atoms with Crippen LogP contribution in [0.1, 0.15) is 22.3 Å². The molecule has 1 heterocycles. The number of aromatic carboxylic acids is 1. The van der Waals surface area contributed by atoms with Gasteiger partial charge in [0.15, 0.2) is 0 Å². The molecular formula is C18H14F2N2O4. The molecule has 1 saturated heterocycles. The molecule has 2 aromatic carbocycles. The summed E-state index contributed by atoms with van der Waals surface area (Å²) in [5.41, 5.74) is 0.775. The van der Waals surface area contributed by atoms with Crippen molar-refractivity contribution in [3.8, 4) is 0 Å². The number of hydrogen-bond acceptors (Lipinski definition) is 4. The first-order chi connectivity index (χ1) is 12.3. The molecule has 26 heavy (non-hydrogen) atoms. The maximum atomic E-state index is 13.9. The average Bonchev–Trinajstić information content (AvgIpc) is 2.84. The second kappa shape index (κ2) is 6.55. The lowest BCUT2D eigenvalue weighted by atomic mass is 10.1. The highest BCUT2D eigenvalue weighted by molar-refractivity contribution is 6.23. The van der Waals surface area contributed by atoms with Crippen molar-refractivity contribution in [1.29, 1.82) is 0 Å². The van der Waals surface area contributed by atoms with Crippen molar-refractivity contribution < 1.29 is 28.3 Å². The maximum absolute atomic E-state index is 13.9. The third kappa shape index (κ3) is 3.13. The Morgan fingerprint density at radius 2 is 1.92 bits per heavy atom. The zero-order valence-electron chi connectivity index (χ0n) is 13.6. The number of halogens is 2. The van der Waals surface area contributed by atoms with Gasteiger partial charge in [-0.3, -0.25) is 9.59 Å². The van der Waals surface area contributed by atoms with E-state index in [2.05, 4.69) is 5.32 Å². The summed E-state index contributed by atoms with van der Waals surface area (Å²) >= 11 is 0. The van der Waals surface area contributed by atoms with Crippen molar-refractivity contribution in [3.63, 3.8) is 0 Å². The van der Waals surface area contributed by atoms with Gasteiger partial charge in [0.1, 0.15) is 17.7 Å². The Labute approximate surface area is 147 Å². The van der Waals surface area contributed by atoms with Gasteiger partial charge in [-0.2, -0.15) is 0 Å². The van der Waals surface area contributed by atoms with E-state index in [1.165, 1.54) is 12.1 Å². The number of carbonyl (C=O) groups excluding carboxylic acids is 2. The minimum absolute atomic E-state index is 0.0244. The summed E-state index contributed by atoms with van der Waals surface area (Å²) in [5.74, 6) is -4.29. The third-order valence-corrected chi connectivity index (χ3v) is 4.11. The fraction of sp³-hybridized carbons (Fsp3) is 0.167. The number of hydrogen-bond donors (Lipinski definition) is 2. The molecule has 1 fully saturated rings. The molecule has 3 rings (SSSR count). The number of anilines is 2. The molecule has 0 spiro atoms. The number of carboxylic acid groups (broad SMARTS) is 1. The molecule has 0 aliphatic carbocycles. The van der Waals surface area contributed by atoms with E-state index in [0.717, 1.165) is 12.1 Å². The van der Waals surface area contributed by atoms with Crippen LogP contribution in [0.25, 0.3) is 0 Å². The largest absolute Gasteiger partial charge is 0.478 e. The Morgan fingerprint density at radius 1 is 1.19 bits per heavy atom. The Kier molecular flexibility index (Phi) is 4.41. The number of aryl methyl sites for hydroxylation is 1. The zero-order chi connectivity index (χ0) is 19.0. The summed E-state index contributed by atoms with van der Waals surface area (Å²) in [6, 6.07) is 5.96. The zero-order valence-corrected chi connectivity index (χ0v) is 13.6. The van der Waals surface area contributed by atoms with Gasteiger partial charge in [-0.15, -0.1) is 0 Å². The van der Waals surface area contributed by atoms with E-state index in [1.807, 2.05) is 0 Å². The van der Waals surface area contributed by atoms with Gasteiger partial charge in [0, 0.05) is 11.8 Å². The fourth-order valence-electron chi connectivity index (χ4n) is 2.76. The van der Waals surface area contributed by atoms with Crippen LogP contribution in [-0.2, 0) is 9.59 Å². The van der Waals surface area contributed by atoms with Crippen molar-refractivity contribution in [2.75, 3.05) is 10.2 Å². The van der Waals surface area contributed by atoms with Crippen LogP contribution in [0.15, 0.2) is 36.4 Å². The number of amides is 2. The summed E-state index contributed by atoms with van der Waals surface area (Å²) < 4.78 is 27.0. The number of nitrogens with one attached hydrogen (secondary N) is 1. The molecule has 1 aliphatic heterocycles. The van der Waals surface area contributed by atoms with E-state index in [0.29, 0.717) is 22.2 Å². The monoisotopic (exact) mass is 360 g/mol. The van der Waals surface area contributed by atoms with Crippen LogP contribution < -0.4 is 10.2 Å². The van der Waals surface area contributed by atoms with Gasteiger partial charge in [-0.05, 0) is 36.8 Å². The first kappa shape index (κ1) is 17.5. The molecule has 1 aliphatic rings. The van der Waals surface area contributed by atoms with E-state index >= 15 is 0 Å². The van der Waals surface area contributed by atoms with Crippen molar-refractivity contribution in [1.82, 2.24) is 0 Å². The summed E-state index contributed by atoms with van der Waals surface area (Å²) in [7, 11) is 0. The molecule has 134 valence electrons. The summed E-state index contributed by atoms with van der Waals surface area (Å²) in [6.07, 6.45) is -0.230. The smallest absolute Gasteiger partial charge is 0.335 e. The van der Waals surface area contributed by atoms with Crippen LogP contribution in [0.5, 0.6) is 0 Å². The van der Waals surface area contributed by atoms with Crippen LogP contribution in [0.2, 0.25) is 0 Å². The van der Waals surface area contributed by atoms with Gasteiger partial charge in [0.05, 0.1) is 17.7 Å². The third-order valence-electron chi connectivity index (χ3n) is 4.11. The van der Waals surface area contributed by atoms with Crippen LogP contribution in [0.3, 0.4) is 0 Å². The fourth-order valence-corrected chi connectivity index (χ4v) is 2.76. The van der Waals surface area contributed by atoms with Gasteiger partial charge < -0.3 is 10.4 Å². The maximum Gasteiger partial charge on any atom is 0.335 e. The Balaban J connectivity index is 1.88. The van der Waals surface area contributed by atoms with E-state index in [9.17, 15) is 23.2 Å². The second-order valence-electron chi connectivity index (χ2n) is 5.90. The molecule has 0 unspecified atom stereocenters. The summed E-state index contributed by atoms with van der Waals surface area (Å²) in [5, 5.41) is 11.9. The Hall–Kier alpha value is -3.29. The lowest BCUT2D eigenvalue weighted by molar-refractivity contribution is -0.121. The predicted octanol–water partition coefficient (Wildman–Crippen LogP) is 2.72. The minimum atomic E-state index is -1.13. The SMILES string of the molecule is Cc1ccc(C(=O)O)cc1N[C@@H]1CC(=O)N(c2ccc(F)cc2F)C1=O. The van der Waals surface area contributed by atoms with Crippen molar-refractivity contribution in [3.05, 3.63) is 59.2 Å². The lowest BCUT2D eigenvalue weighted by Crippen LogP contribution is -2.35. The van der Waals surface area contributed by atoms with E-state index in [1.54, 1.807) is 13.0 Å². The van der Waals surface area contributed by atoms with Crippen molar-refractivity contribution in [2.24, 2.45) is 0 Å². The molecule has 0 bridgehead atoms.